The maximum absolute atomic E-state index is 4.36. The van der Waals surface area contributed by atoms with Gasteiger partial charge < -0.3 is 5.32 Å². The number of nitrogens with one attached hydrogen (secondary N) is 1. The molecular formula is C14H19N3S. The van der Waals surface area contributed by atoms with E-state index in [0.717, 1.165) is 24.6 Å². The monoisotopic (exact) mass is 261 g/mol. The number of nitrogens with zero attached hydrogens (tertiary/aromatic N) is 2. The summed E-state index contributed by atoms with van der Waals surface area (Å²) >= 11 is 1.75. The average Bonchev–Trinajstić information content (AvgIpc) is 2.87. The fourth-order valence-corrected chi connectivity index (χ4v) is 2.23. The zero-order valence-corrected chi connectivity index (χ0v) is 11.7. The Hall–Kier alpha value is -1.42. The minimum atomic E-state index is 0.918. The molecule has 0 bridgehead atoms. The van der Waals surface area contributed by atoms with Crippen LogP contribution in [0.3, 0.4) is 0 Å². The lowest BCUT2D eigenvalue weighted by Gasteiger charge is -2.10. The Kier molecular flexibility index (Phi) is 4.70. The highest BCUT2D eigenvalue weighted by atomic mass is 32.2. The van der Waals surface area contributed by atoms with Gasteiger partial charge in [0.05, 0.1) is 0 Å². The van der Waals surface area contributed by atoms with E-state index in [9.17, 15) is 0 Å². The fourth-order valence-electron chi connectivity index (χ4n) is 1.78. The Bertz CT molecular complexity index is 493. The van der Waals surface area contributed by atoms with Crippen LogP contribution in [-0.2, 0) is 0 Å². The van der Waals surface area contributed by atoms with Gasteiger partial charge in [0.15, 0.2) is 0 Å². The van der Waals surface area contributed by atoms with Crippen LogP contribution in [0.1, 0.15) is 19.8 Å². The number of imidazole rings is 1. The van der Waals surface area contributed by atoms with E-state index in [1.165, 1.54) is 11.3 Å². The number of hydrogen-bond acceptors (Lipinski definition) is 3. The van der Waals surface area contributed by atoms with Gasteiger partial charge in [-0.3, -0.25) is 4.57 Å². The molecule has 1 N–H and O–H groups in total. The topological polar surface area (TPSA) is 29.9 Å². The van der Waals surface area contributed by atoms with Crippen molar-refractivity contribution in [1.29, 1.82) is 0 Å². The van der Waals surface area contributed by atoms with Crippen LogP contribution in [0.5, 0.6) is 0 Å². The zero-order valence-electron chi connectivity index (χ0n) is 10.9. The molecule has 2 rings (SSSR count). The summed E-state index contributed by atoms with van der Waals surface area (Å²) in [5.74, 6) is 0.918. The lowest BCUT2D eigenvalue weighted by Crippen LogP contribution is -2.07. The smallest absolute Gasteiger partial charge is 0.207 e. The normalized spacial score (nSPS) is 10.6. The second-order valence-electron chi connectivity index (χ2n) is 4.10. The summed E-state index contributed by atoms with van der Waals surface area (Å²) in [4.78, 5) is 5.63. The zero-order chi connectivity index (χ0) is 12.8. The van der Waals surface area contributed by atoms with E-state index in [1.807, 2.05) is 12.4 Å². The molecule has 1 heterocycles. The average molecular weight is 261 g/mol. The van der Waals surface area contributed by atoms with Gasteiger partial charge in [-0.1, -0.05) is 19.4 Å². The number of anilines is 1. The summed E-state index contributed by atoms with van der Waals surface area (Å²) < 4.78 is 2.09. The molecule has 0 atom stereocenters. The number of aromatic nitrogens is 2. The first-order valence-corrected chi connectivity index (χ1v) is 7.49. The predicted octanol–water partition coefficient (Wildman–Crippen LogP) is 3.81. The van der Waals surface area contributed by atoms with Crippen molar-refractivity contribution in [3.8, 4) is 5.69 Å². The minimum absolute atomic E-state index is 0.918. The summed E-state index contributed by atoms with van der Waals surface area (Å²) in [6.07, 6.45) is 8.27. The largest absolute Gasteiger partial charge is 0.355 e. The molecule has 1 aromatic heterocycles. The summed E-state index contributed by atoms with van der Waals surface area (Å²) in [5, 5.41) is 3.38. The molecule has 2 aromatic rings. The van der Waals surface area contributed by atoms with Gasteiger partial charge in [-0.15, -0.1) is 11.8 Å². The van der Waals surface area contributed by atoms with E-state index in [4.69, 9.17) is 0 Å². The summed E-state index contributed by atoms with van der Waals surface area (Å²) in [7, 11) is 0. The van der Waals surface area contributed by atoms with Gasteiger partial charge in [0.25, 0.3) is 0 Å². The van der Waals surface area contributed by atoms with Crippen molar-refractivity contribution in [3.63, 3.8) is 0 Å². The van der Waals surface area contributed by atoms with Gasteiger partial charge in [0.1, 0.15) is 0 Å². The number of thioether (sulfide) groups is 1. The predicted molar refractivity (Wildman–Crippen MR) is 78.7 cm³/mol. The van der Waals surface area contributed by atoms with Crippen LogP contribution in [-0.4, -0.2) is 22.4 Å². The maximum Gasteiger partial charge on any atom is 0.207 e. The van der Waals surface area contributed by atoms with E-state index >= 15 is 0 Å². The molecule has 3 nitrogen and oxygen atoms in total. The lowest BCUT2D eigenvalue weighted by molar-refractivity contribution is 0.823. The van der Waals surface area contributed by atoms with Crippen molar-refractivity contribution in [1.82, 2.24) is 9.55 Å². The van der Waals surface area contributed by atoms with E-state index in [0.29, 0.717) is 0 Å². The first-order valence-electron chi connectivity index (χ1n) is 6.26. The molecule has 1 aromatic carbocycles. The molecule has 0 aliphatic heterocycles. The molecule has 0 fully saturated rings. The second kappa shape index (κ2) is 6.50. The highest BCUT2D eigenvalue weighted by Gasteiger charge is 2.04. The highest BCUT2D eigenvalue weighted by Crippen LogP contribution is 2.20. The van der Waals surface area contributed by atoms with Gasteiger partial charge in [-0.25, -0.2) is 4.98 Å². The molecule has 0 unspecified atom stereocenters. The maximum atomic E-state index is 4.36. The molecule has 0 amide bonds. The van der Waals surface area contributed by atoms with E-state index < -0.39 is 0 Å². The van der Waals surface area contributed by atoms with Gasteiger partial charge in [-0.2, -0.15) is 0 Å². The molecular weight excluding hydrogens is 242 g/mol. The molecule has 0 saturated heterocycles. The fraction of sp³-hybridized carbons (Fsp3) is 0.357. The third kappa shape index (κ3) is 3.07. The summed E-state index contributed by atoms with van der Waals surface area (Å²) in [5.41, 5.74) is 1.15. The van der Waals surface area contributed by atoms with E-state index in [-0.39, 0.29) is 0 Å². The number of benzene rings is 1. The number of hydrogen-bond donors (Lipinski definition) is 1. The van der Waals surface area contributed by atoms with Crippen molar-refractivity contribution < 1.29 is 0 Å². The van der Waals surface area contributed by atoms with Crippen LogP contribution in [0.15, 0.2) is 41.6 Å². The van der Waals surface area contributed by atoms with E-state index in [2.05, 4.69) is 52.3 Å². The van der Waals surface area contributed by atoms with Crippen LogP contribution < -0.4 is 5.32 Å². The van der Waals surface area contributed by atoms with Crippen LogP contribution in [0.2, 0.25) is 0 Å². The highest BCUT2D eigenvalue weighted by molar-refractivity contribution is 7.98. The number of rotatable bonds is 6. The lowest BCUT2D eigenvalue weighted by atomic mass is 10.3. The van der Waals surface area contributed by atoms with E-state index in [1.54, 1.807) is 11.8 Å². The van der Waals surface area contributed by atoms with Crippen molar-refractivity contribution in [2.75, 3.05) is 18.1 Å². The first-order chi connectivity index (χ1) is 8.85. The Morgan fingerprint density at radius 3 is 3.06 bits per heavy atom. The third-order valence-electron chi connectivity index (χ3n) is 2.79. The summed E-state index contributed by atoms with van der Waals surface area (Å²) in [6, 6.07) is 8.48. The molecule has 0 spiro atoms. The Balaban J connectivity index is 2.19. The van der Waals surface area contributed by atoms with Crippen molar-refractivity contribution >= 4 is 17.7 Å². The van der Waals surface area contributed by atoms with Gasteiger partial charge in [-0.05, 0) is 30.9 Å². The SMILES string of the molecule is CCCCNc1nccn1-c1cccc(SC)c1. The molecule has 0 saturated carbocycles. The standard InChI is InChI=1S/C14H19N3S/c1-3-4-8-15-14-16-9-10-17(14)12-6-5-7-13(11-12)18-2/h5-7,9-11H,3-4,8H2,1-2H3,(H,15,16). The first kappa shape index (κ1) is 13.0. The second-order valence-corrected chi connectivity index (χ2v) is 4.98. The van der Waals surface area contributed by atoms with Crippen molar-refractivity contribution in [3.05, 3.63) is 36.7 Å². The molecule has 4 heteroatoms. The molecule has 0 aliphatic carbocycles. The molecule has 18 heavy (non-hydrogen) atoms. The summed E-state index contributed by atoms with van der Waals surface area (Å²) in [6.45, 7) is 3.16. The third-order valence-corrected chi connectivity index (χ3v) is 3.51. The van der Waals surface area contributed by atoms with Gasteiger partial charge >= 0.3 is 0 Å². The Morgan fingerprint density at radius 1 is 1.39 bits per heavy atom. The quantitative estimate of drug-likeness (QED) is 0.633. The molecule has 0 radical (unpaired) electrons. The van der Waals surface area contributed by atoms with Crippen LogP contribution >= 0.6 is 11.8 Å². The van der Waals surface area contributed by atoms with Gasteiger partial charge in [0, 0.05) is 29.5 Å². The van der Waals surface area contributed by atoms with Crippen molar-refractivity contribution in [2.45, 2.75) is 24.7 Å². The van der Waals surface area contributed by atoms with Crippen LogP contribution in [0.25, 0.3) is 5.69 Å². The number of unbranched alkanes of at least 4 members (excludes halogenated alkanes) is 1. The molecule has 96 valence electrons. The molecule has 0 aliphatic rings. The Morgan fingerprint density at radius 2 is 2.28 bits per heavy atom. The van der Waals surface area contributed by atoms with Crippen LogP contribution in [0, 0.1) is 0 Å². The van der Waals surface area contributed by atoms with Crippen LogP contribution in [0.4, 0.5) is 5.95 Å². The van der Waals surface area contributed by atoms with Crippen molar-refractivity contribution in [2.24, 2.45) is 0 Å². The minimum Gasteiger partial charge on any atom is -0.355 e. The van der Waals surface area contributed by atoms with Gasteiger partial charge in [0.2, 0.25) is 5.95 Å². The Labute approximate surface area is 113 Å².